The Balaban J connectivity index is 1.42. The molecule has 2 amide bonds. The fourth-order valence-corrected chi connectivity index (χ4v) is 3.78. The Kier molecular flexibility index (Phi) is 7.57. The Hall–Kier alpha value is -3.97. The van der Waals surface area contributed by atoms with Gasteiger partial charge in [-0.05, 0) is 42.3 Å². The third-order valence-electron chi connectivity index (χ3n) is 5.35. The highest BCUT2D eigenvalue weighted by Crippen LogP contribution is 2.29. The highest BCUT2D eigenvalue weighted by molar-refractivity contribution is 6.31. The number of halogens is 2. The Morgan fingerprint density at radius 2 is 1.71 bits per heavy atom. The SMILES string of the molecule is Cc1oc(-c2ccccc2NC(=O)Cc2ccccc2)nc1CNC(=O)Cc1ccc(F)cc1Cl. The third kappa shape index (κ3) is 6.33. The lowest BCUT2D eigenvalue weighted by Crippen LogP contribution is -2.25. The van der Waals surface area contributed by atoms with Crippen LogP contribution in [-0.2, 0) is 29.0 Å². The largest absolute Gasteiger partial charge is 0.441 e. The number of benzene rings is 3. The second-order valence-electron chi connectivity index (χ2n) is 7.97. The Morgan fingerprint density at radius 1 is 0.971 bits per heavy atom. The van der Waals surface area contributed by atoms with Crippen LogP contribution in [0.5, 0.6) is 0 Å². The molecule has 8 heteroatoms. The van der Waals surface area contributed by atoms with E-state index in [-0.39, 0.29) is 36.2 Å². The molecule has 178 valence electrons. The zero-order valence-electron chi connectivity index (χ0n) is 19.0. The molecule has 2 N–H and O–H groups in total. The molecule has 0 aliphatic carbocycles. The molecule has 0 saturated carbocycles. The molecule has 1 aromatic heterocycles. The van der Waals surface area contributed by atoms with Crippen molar-refractivity contribution in [2.75, 3.05) is 5.32 Å². The summed E-state index contributed by atoms with van der Waals surface area (Å²) in [5.41, 5.74) is 3.21. The number of rotatable bonds is 8. The van der Waals surface area contributed by atoms with E-state index in [0.717, 1.165) is 5.56 Å². The van der Waals surface area contributed by atoms with Crippen molar-refractivity contribution in [3.63, 3.8) is 0 Å². The fraction of sp³-hybridized carbons (Fsp3) is 0.148. The minimum absolute atomic E-state index is 0.0130. The number of hydrogen-bond donors (Lipinski definition) is 2. The lowest BCUT2D eigenvalue weighted by Gasteiger charge is -2.09. The van der Waals surface area contributed by atoms with E-state index in [0.29, 0.717) is 34.2 Å². The van der Waals surface area contributed by atoms with Gasteiger partial charge in [-0.25, -0.2) is 9.37 Å². The van der Waals surface area contributed by atoms with Crippen LogP contribution in [0.2, 0.25) is 5.02 Å². The molecule has 4 rings (SSSR count). The van der Waals surface area contributed by atoms with Gasteiger partial charge < -0.3 is 15.1 Å². The first kappa shape index (κ1) is 24.2. The summed E-state index contributed by atoms with van der Waals surface area (Å²) < 4.78 is 19.1. The molecule has 0 atom stereocenters. The highest BCUT2D eigenvalue weighted by atomic mass is 35.5. The Bertz CT molecular complexity index is 1360. The van der Waals surface area contributed by atoms with E-state index in [1.54, 1.807) is 13.0 Å². The highest BCUT2D eigenvalue weighted by Gasteiger charge is 2.17. The van der Waals surface area contributed by atoms with E-state index in [4.69, 9.17) is 16.0 Å². The Labute approximate surface area is 207 Å². The number of para-hydroxylation sites is 1. The summed E-state index contributed by atoms with van der Waals surface area (Å²) in [5.74, 6) is -0.00850. The van der Waals surface area contributed by atoms with Crippen molar-refractivity contribution in [1.29, 1.82) is 0 Å². The summed E-state index contributed by atoms with van der Waals surface area (Å²) in [6, 6.07) is 20.6. The van der Waals surface area contributed by atoms with E-state index in [1.807, 2.05) is 48.5 Å². The first-order chi connectivity index (χ1) is 16.9. The predicted octanol–water partition coefficient (Wildman–Crippen LogP) is 5.48. The van der Waals surface area contributed by atoms with Crippen molar-refractivity contribution >= 4 is 29.1 Å². The van der Waals surface area contributed by atoms with Crippen molar-refractivity contribution in [3.05, 3.63) is 106 Å². The summed E-state index contributed by atoms with van der Waals surface area (Å²) in [4.78, 5) is 29.5. The van der Waals surface area contributed by atoms with Gasteiger partial charge in [-0.1, -0.05) is 60.1 Å². The lowest BCUT2D eigenvalue weighted by atomic mass is 10.1. The minimum Gasteiger partial charge on any atom is -0.441 e. The number of aryl methyl sites for hydroxylation is 1. The number of carbonyl (C=O) groups is 2. The van der Waals surface area contributed by atoms with Crippen LogP contribution >= 0.6 is 11.6 Å². The van der Waals surface area contributed by atoms with Gasteiger partial charge in [0.2, 0.25) is 17.7 Å². The number of oxazole rings is 1. The van der Waals surface area contributed by atoms with E-state index in [1.165, 1.54) is 18.2 Å². The molecule has 0 aliphatic rings. The second kappa shape index (κ2) is 11.0. The number of anilines is 1. The molecule has 0 unspecified atom stereocenters. The van der Waals surface area contributed by atoms with Gasteiger partial charge in [-0.15, -0.1) is 0 Å². The molecular weight excluding hydrogens is 469 g/mol. The molecule has 1 heterocycles. The monoisotopic (exact) mass is 491 g/mol. The van der Waals surface area contributed by atoms with Gasteiger partial charge in [0.1, 0.15) is 17.3 Å². The molecule has 0 spiro atoms. The number of aromatic nitrogens is 1. The van der Waals surface area contributed by atoms with Crippen LogP contribution in [0.15, 0.2) is 77.2 Å². The van der Waals surface area contributed by atoms with Crippen molar-refractivity contribution in [3.8, 4) is 11.5 Å². The molecule has 0 fully saturated rings. The zero-order chi connectivity index (χ0) is 24.8. The minimum atomic E-state index is -0.457. The van der Waals surface area contributed by atoms with Crippen molar-refractivity contribution < 1.29 is 18.4 Å². The number of carbonyl (C=O) groups excluding carboxylic acids is 2. The average molecular weight is 492 g/mol. The van der Waals surface area contributed by atoms with Crippen LogP contribution in [0.4, 0.5) is 10.1 Å². The smallest absolute Gasteiger partial charge is 0.228 e. The molecule has 35 heavy (non-hydrogen) atoms. The average Bonchev–Trinajstić information content (AvgIpc) is 3.20. The van der Waals surface area contributed by atoms with Gasteiger partial charge in [0, 0.05) is 5.02 Å². The van der Waals surface area contributed by atoms with E-state index < -0.39 is 5.82 Å². The van der Waals surface area contributed by atoms with E-state index in [9.17, 15) is 14.0 Å². The molecular formula is C27H23ClFN3O3. The molecule has 0 saturated heterocycles. The Morgan fingerprint density at radius 3 is 2.49 bits per heavy atom. The summed E-state index contributed by atoms with van der Waals surface area (Å²) >= 11 is 6.01. The van der Waals surface area contributed by atoms with Crippen LogP contribution in [0, 0.1) is 12.7 Å². The van der Waals surface area contributed by atoms with Gasteiger partial charge in [-0.2, -0.15) is 0 Å². The van der Waals surface area contributed by atoms with Crippen LogP contribution in [0.3, 0.4) is 0 Å². The number of hydrogen-bond acceptors (Lipinski definition) is 4. The van der Waals surface area contributed by atoms with E-state index in [2.05, 4.69) is 15.6 Å². The first-order valence-electron chi connectivity index (χ1n) is 11.0. The maximum absolute atomic E-state index is 13.2. The maximum Gasteiger partial charge on any atom is 0.228 e. The van der Waals surface area contributed by atoms with Crippen LogP contribution < -0.4 is 10.6 Å². The topological polar surface area (TPSA) is 84.2 Å². The molecule has 0 radical (unpaired) electrons. The zero-order valence-corrected chi connectivity index (χ0v) is 19.7. The van der Waals surface area contributed by atoms with Crippen molar-refractivity contribution in [1.82, 2.24) is 10.3 Å². The standard InChI is InChI=1S/C27H23ClFN3O3/c1-17-24(16-30-25(33)14-19-11-12-20(29)15-22(19)28)32-27(35-17)21-9-5-6-10-23(21)31-26(34)13-18-7-3-2-4-8-18/h2-12,15H,13-14,16H2,1H3,(H,30,33)(H,31,34). The maximum atomic E-state index is 13.2. The molecule has 0 aliphatic heterocycles. The lowest BCUT2D eigenvalue weighted by molar-refractivity contribution is -0.120. The third-order valence-corrected chi connectivity index (χ3v) is 5.70. The molecule has 6 nitrogen and oxygen atoms in total. The van der Waals surface area contributed by atoms with Crippen LogP contribution in [-0.4, -0.2) is 16.8 Å². The van der Waals surface area contributed by atoms with Gasteiger partial charge in [0.25, 0.3) is 0 Å². The van der Waals surface area contributed by atoms with Gasteiger partial charge in [0.05, 0.1) is 30.6 Å². The molecule has 0 bridgehead atoms. The predicted molar refractivity (Wildman–Crippen MR) is 132 cm³/mol. The van der Waals surface area contributed by atoms with Crippen molar-refractivity contribution in [2.24, 2.45) is 0 Å². The van der Waals surface area contributed by atoms with Crippen LogP contribution in [0.25, 0.3) is 11.5 Å². The van der Waals surface area contributed by atoms with Crippen molar-refractivity contribution in [2.45, 2.75) is 26.3 Å². The van der Waals surface area contributed by atoms with Gasteiger partial charge in [0.15, 0.2) is 0 Å². The fourth-order valence-electron chi connectivity index (χ4n) is 3.54. The number of nitrogens with zero attached hydrogens (tertiary/aromatic N) is 1. The number of nitrogens with one attached hydrogen (secondary N) is 2. The second-order valence-corrected chi connectivity index (χ2v) is 8.37. The normalized spacial score (nSPS) is 10.7. The summed E-state index contributed by atoms with van der Waals surface area (Å²) in [6.45, 7) is 1.90. The summed E-state index contributed by atoms with van der Waals surface area (Å²) in [6.07, 6.45) is 0.258. The van der Waals surface area contributed by atoms with Gasteiger partial charge in [-0.3, -0.25) is 9.59 Å². The van der Waals surface area contributed by atoms with Crippen LogP contribution in [0.1, 0.15) is 22.6 Å². The number of amides is 2. The van der Waals surface area contributed by atoms with Gasteiger partial charge >= 0.3 is 0 Å². The summed E-state index contributed by atoms with van der Waals surface area (Å²) in [7, 11) is 0. The molecule has 3 aromatic carbocycles. The quantitative estimate of drug-likeness (QED) is 0.341. The summed E-state index contributed by atoms with van der Waals surface area (Å²) in [5, 5.41) is 5.91. The van der Waals surface area contributed by atoms with E-state index >= 15 is 0 Å². The molecule has 4 aromatic rings. The first-order valence-corrected chi connectivity index (χ1v) is 11.4.